The topological polar surface area (TPSA) is 118 Å². The summed E-state index contributed by atoms with van der Waals surface area (Å²) < 4.78 is 26.3. The predicted octanol–water partition coefficient (Wildman–Crippen LogP) is 0.255. The van der Waals surface area contributed by atoms with E-state index in [0.717, 1.165) is 11.3 Å². The number of sulfonamides is 1. The van der Waals surface area contributed by atoms with E-state index in [1.165, 1.54) is 6.20 Å². The van der Waals surface area contributed by atoms with Crippen molar-refractivity contribution in [2.75, 3.05) is 0 Å². The molecule has 0 aromatic carbocycles. The lowest BCUT2D eigenvalue weighted by atomic mass is 10.2. The first-order valence-corrected chi connectivity index (χ1v) is 7.06. The molecule has 0 radical (unpaired) electrons. The first kappa shape index (κ1) is 13.9. The molecule has 1 aromatic heterocycles. The van der Waals surface area contributed by atoms with Gasteiger partial charge in [-0.3, -0.25) is 0 Å². The van der Waals surface area contributed by atoms with Crippen molar-refractivity contribution < 1.29 is 13.6 Å². The zero-order chi connectivity index (χ0) is 13.1. The van der Waals surface area contributed by atoms with Gasteiger partial charge in [0.2, 0.25) is 0 Å². The predicted molar refractivity (Wildman–Crippen MR) is 64.7 cm³/mol. The van der Waals surface area contributed by atoms with Crippen LogP contribution in [0.3, 0.4) is 0 Å². The number of amidine groups is 1. The van der Waals surface area contributed by atoms with E-state index < -0.39 is 16.1 Å². The third-order valence-electron chi connectivity index (χ3n) is 1.87. The molecule has 1 atom stereocenters. The highest BCUT2D eigenvalue weighted by Crippen LogP contribution is 2.17. The molecule has 0 saturated carbocycles. The standard InChI is InChI=1S/C8H14N4O3S2/c1-5(3-7(9)11-13)12-17(14,15)8-4-10-6(2)16-8/h4-5,12-13H,3H2,1-2H3,(H2,9,11). The fraction of sp³-hybridized carbons (Fsp3) is 0.500. The third kappa shape index (κ3) is 3.95. The van der Waals surface area contributed by atoms with Crippen molar-refractivity contribution in [3.63, 3.8) is 0 Å². The molecule has 96 valence electrons. The van der Waals surface area contributed by atoms with E-state index in [2.05, 4.69) is 14.9 Å². The molecule has 9 heteroatoms. The van der Waals surface area contributed by atoms with Crippen LogP contribution in [0, 0.1) is 6.92 Å². The quantitative estimate of drug-likeness (QED) is 0.309. The zero-order valence-electron chi connectivity index (χ0n) is 9.41. The van der Waals surface area contributed by atoms with Crippen LogP contribution in [0.5, 0.6) is 0 Å². The Morgan fingerprint density at radius 1 is 1.76 bits per heavy atom. The highest BCUT2D eigenvalue weighted by atomic mass is 32.2. The van der Waals surface area contributed by atoms with Gasteiger partial charge >= 0.3 is 0 Å². The second kappa shape index (κ2) is 5.43. The number of rotatable bonds is 5. The molecule has 0 bridgehead atoms. The molecule has 1 unspecified atom stereocenters. The molecule has 4 N–H and O–H groups in total. The SMILES string of the molecule is Cc1ncc(S(=O)(=O)NC(C)CC(N)=NO)s1. The van der Waals surface area contributed by atoms with Gasteiger partial charge < -0.3 is 10.9 Å². The van der Waals surface area contributed by atoms with Crippen molar-refractivity contribution in [3.05, 3.63) is 11.2 Å². The number of nitrogens with one attached hydrogen (secondary N) is 1. The van der Waals surface area contributed by atoms with E-state index in [1.54, 1.807) is 13.8 Å². The molecule has 0 spiro atoms. The van der Waals surface area contributed by atoms with Crippen molar-refractivity contribution in [2.24, 2.45) is 10.9 Å². The van der Waals surface area contributed by atoms with Gasteiger partial charge in [0.25, 0.3) is 10.0 Å². The first-order valence-electron chi connectivity index (χ1n) is 4.76. The van der Waals surface area contributed by atoms with Crippen LogP contribution in [-0.2, 0) is 10.0 Å². The Morgan fingerprint density at radius 2 is 2.41 bits per heavy atom. The van der Waals surface area contributed by atoms with E-state index >= 15 is 0 Å². The average Bonchev–Trinajstić information content (AvgIpc) is 2.64. The smallest absolute Gasteiger partial charge is 0.251 e. The summed E-state index contributed by atoms with van der Waals surface area (Å²) in [5.74, 6) is -0.0271. The molecule has 0 aliphatic heterocycles. The molecule has 1 heterocycles. The summed E-state index contributed by atoms with van der Waals surface area (Å²) in [6.07, 6.45) is 1.44. The molecular formula is C8H14N4O3S2. The number of hydrogen-bond acceptors (Lipinski definition) is 6. The molecule has 0 aliphatic rings. The fourth-order valence-corrected chi connectivity index (χ4v) is 3.55. The van der Waals surface area contributed by atoms with Crippen molar-refractivity contribution >= 4 is 27.2 Å². The molecular weight excluding hydrogens is 264 g/mol. The van der Waals surface area contributed by atoms with E-state index in [1.807, 2.05) is 0 Å². The van der Waals surface area contributed by atoms with Crippen molar-refractivity contribution in [2.45, 2.75) is 30.5 Å². The molecule has 17 heavy (non-hydrogen) atoms. The van der Waals surface area contributed by atoms with Crippen LogP contribution in [0.2, 0.25) is 0 Å². The largest absolute Gasteiger partial charge is 0.409 e. The maximum absolute atomic E-state index is 11.8. The van der Waals surface area contributed by atoms with Crippen LogP contribution in [-0.4, -0.2) is 30.5 Å². The van der Waals surface area contributed by atoms with Gasteiger partial charge in [0, 0.05) is 12.5 Å². The van der Waals surface area contributed by atoms with Crippen LogP contribution in [0.25, 0.3) is 0 Å². The van der Waals surface area contributed by atoms with Crippen LogP contribution < -0.4 is 10.5 Å². The molecule has 0 fully saturated rings. The minimum Gasteiger partial charge on any atom is -0.409 e. The molecule has 7 nitrogen and oxygen atoms in total. The molecule has 0 aliphatic carbocycles. The summed E-state index contributed by atoms with van der Waals surface area (Å²) in [6, 6.07) is -0.460. The summed E-state index contributed by atoms with van der Waals surface area (Å²) in [7, 11) is -3.58. The van der Waals surface area contributed by atoms with Crippen LogP contribution >= 0.6 is 11.3 Å². The Hall–Kier alpha value is -1.19. The number of nitrogens with zero attached hydrogens (tertiary/aromatic N) is 2. The molecule has 1 rings (SSSR count). The maximum Gasteiger partial charge on any atom is 0.251 e. The van der Waals surface area contributed by atoms with Gasteiger partial charge in [0.05, 0.1) is 11.2 Å². The monoisotopic (exact) mass is 278 g/mol. The number of nitrogens with two attached hydrogens (primary N) is 1. The molecule has 0 amide bonds. The highest BCUT2D eigenvalue weighted by Gasteiger charge is 2.20. The van der Waals surface area contributed by atoms with E-state index in [9.17, 15) is 8.42 Å². The van der Waals surface area contributed by atoms with Crippen LogP contribution in [0.4, 0.5) is 0 Å². The van der Waals surface area contributed by atoms with Gasteiger partial charge in [-0.05, 0) is 13.8 Å². The normalized spacial score (nSPS) is 14.8. The minimum atomic E-state index is -3.58. The van der Waals surface area contributed by atoms with Gasteiger partial charge in [0.15, 0.2) is 4.21 Å². The lowest BCUT2D eigenvalue weighted by Crippen LogP contribution is -2.35. The van der Waals surface area contributed by atoms with E-state index in [4.69, 9.17) is 10.9 Å². The van der Waals surface area contributed by atoms with E-state index in [-0.39, 0.29) is 16.5 Å². The van der Waals surface area contributed by atoms with Gasteiger partial charge in [-0.15, -0.1) is 11.3 Å². The van der Waals surface area contributed by atoms with E-state index in [0.29, 0.717) is 5.01 Å². The second-order valence-electron chi connectivity index (χ2n) is 3.52. The Bertz CT molecular complexity index is 509. The lowest BCUT2D eigenvalue weighted by molar-refractivity contribution is 0.316. The van der Waals surface area contributed by atoms with Crippen molar-refractivity contribution in [1.82, 2.24) is 9.71 Å². The second-order valence-corrected chi connectivity index (χ2v) is 6.69. The van der Waals surface area contributed by atoms with Crippen LogP contribution in [0.15, 0.2) is 15.6 Å². The van der Waals surface area contributed by atoms with Gasteiger partial charge in [-0.1, -0.05) is 5.16 Å². The first-order chi connectivity index (χ1) is 7.85. The minimum absolute atomic E-state index is 0.0271. The summed E-state index contributed by atoms with van der Waals surface area (Å²) >= 11 is 1.09. The average molecular weight is 278 g/mol. The van der Waals surface area contributed by atoms with Gasteiger partial charge in [-0.25, -0.2) is 18.1 Å². The summed E-state index contributed by atoms with van der Waals surface area (Å²) in [5.41, 5.74) is 5.29. The number of hydrogen-bond donors (Lipinski definition) is 3. The zero-order valence-corrected chi connectivity index (χ0v) is 11.0. The summed E-state index contributed by atoms with van der Waals surface area (Å²) in [5, 5.41) is 11.8. The van der Waals surface area contributed by atoms with Crippen molar-refractivity contribution in [3.8, 4) is 0 Å². The Labute approximate surface area is 103 Å². The summed E-state index contributed by atoms with van der Waals surface area (Å²) in [4.78, 5) is 3.88. The summed E-state index contributed by atoms with van der Waals surface area (Å²) in [6.45, 7) is 3.35. The number of aryl methyl sites for hydroxylation is 1. The molecule has 0 saturated heterocycles. The van der Waals surface area contributed by atoms with Gasteiger partial charge in [-0.2, -0.15) is 0 Å². The number of oxime groups is 1. The Morgan fingerprint density at radius 3 is 2.88 bits per heavy atom. The molecule has 1 aromatic rings. The Balaban J connectivity index is 2.74. The fourth-order valence-electron chi connectivity index (χ4n) is 1.19. The van der Waals surface area contributed by atoms with Crippen LogP contribution in [0.1, 0.15) is 18.4 Å². The van der Waals surface area contributed by atoms with Gasteiger partial charge in [0.1, 0.15) is 5.84 Å². The Kier molecular flexibility index (Phi) is 4.43. The lowest BCUT2D eigenvalue weighted by Gasteiger charge is -2.11. The third-order valence-corrected chi connectivity index (χ3v) is 4.83. The van der Waals surface area contributed by atoms with Crippen molar-refractivity contribution in [1.29, 1.82) is 0 Å². The highest BCUT2D eigenvalue weighted by molar-refractivity contribution is 7.91. The maximum atomic E-state index is 11.8. The number of thiazole rings is 1. The number of aromatic nitrogens is 1.